The molecule has 0 atom stereocenters. The highest BCUT2D eigenvalue weighted by atomic mass is 32.2. The average molecular weight is 442 g/mol. The van der Waals surface area contributed by atoms with Gasteiger partial charge >= 0.3 is 0 Å². The van der Waals surface area contributed by atoms with Crippen LogP contribution in [0.5, 0.6) is 0 Å². The van der Waals surface area contributed by atoms with Crippen LogP contribution < -0.4 is 9.80 Å². The molecule has 32 heavy (non-hydrogen) atoms. The van der Waals surface area contributed by atoms with E-state index in [9.17, 15) is 10.1 Å². The molecule has 0 fully saturated rings. The first kappa shape index (κ1) is 20.0. The third-order valence-electron chi connectivity index (χ3n) is 5.44. The lowest BCUT2D eigenvalue weighted by atomic mass is 10.2. The molecule has 0 N–H and O–H groups in total. The first-order chi connectivity index (χ1) is 15.5. The SMILES string of the molecule is Cc1nc2c3ccccc3nc(SCC(=O)C(C#N)=C3N(C)c4ccccc4N3C)n2n1. The highest BCUT2D eigenvalue weighted by Gasteiger charge is 2.31. The number of para-hydroxylation sites is 3. The smallest absolute Gasteiger partial charge is 0.192 e. The van der Waals surface area contributed by atoms with Crippen LogP contribution in [0.25, 0.3) is 16.6 Å². The van der Waals surface area contributed by atoms with E-state index < -0.39 is 0 Å². The van der Waals surface area contributed by atoms with Gasteiger partial charge in [-0.25, -0.2) is 9.97 Å². The summed E-state index contributed by atoms with van der Waals surface area (Å²) in [4.78, 5) is 26.1. The summed E-state index contributed by atoms with van der Waals surface area (Å²) in [5, 5.41) is 15.8. The Bertz CT molecular complexity index is 1440. The van der Waals surface area contributed by atoms with E-state index in [1.807, 2.05) is 79.3 Å². The largest absolute Gasteiger partial charge is 0.328 e. The van der Waals surface area contributed by atoms with Crippen molar-refractivity contribution in [3.05, 3.63) is 65.7 Å². The number of carbonyl (C=O) groups is 1. The molecule has 9 heteroatoms. The summed E-state index contributed by atoms with van der Waals surface area (Å²) in [5.41, 5.74) is 3.51. The summed E-state index contributed by atoms with van der Waals surface area (Å²) in [7, 11) is 3.73. The van der Waals surface area contributed by atoms with Gasteiger partial charge in [-0.1, -0.05) is 36.0 Å². The van der Waals surface area contributed by atoms with E-state index in [0.29, 0.717) is 22.4 Å². The van der Waals surface area contributed by atoms with Gasteiger partial charge in [0.25, 0.3) is 0 Å². The maximum absolute atomic E-state index is 13.2. The number of anilines is 2. The van der Waals surface area contributed by atoms with E-state index in [4.69, 9.17) is 0 Å². The van der Waals surface area contributed by atoms with Crippen molar-refractivity contribution in [2.75, 3.05) is 29.6 Å². The van der Waals surface area contributed by atoms with Gasteiger partial charge in [0.1, 0.15) is 23.3 Å². The topological polar surface area (TPSA) is 90.4 Å². The first-order valence-electron chi connectivity index (χ1n) is 9.98. The van der Waals surface area contributed by atoms with Crippen LogP contribution in [0.1, 0.15) is 5.82 Å². The van der Waals surface area contributed by atoms with Gasteiger partial charge in [0.2, 0.25) is 0 Å². The lowest BCUT2D eigenvalue weighted by molar-refractivity contribution is -0.112. The fourth-order valence-electron chi connectivity index (χ4n) is 3.99. The van der Waals surface area contributed by atoms with Crippen molar-refractivity contribution < 1.29 is 4.79 Å². The molecular formula is C23H19N7OS. The monoisotopic (exact) mass is 441 g/mol. The van der Waals surface area contributed by atoms with Crippen LogP contribution in [0, 0.1) is 18.3 Å². The molecule has 0 aliphatic carbocycles. The lowest BCUT2D eigenvalue weighted by Crippen LogP contribution is -2.26. The van der Waals surface area contributed by atoms with Gasteiger partial charge in [0, 0.05) is 19.5 Å². The highest BCUT2D eigenvalue weighted by Crippen LogP contribution is 2.40. The van der Waals surface area contributed by atoms with E-state index in [0.717, 1.165) is 22.3 Å². The molecule has 0 saturated carbocycles. The Morgan fingerprint density at radius 1 is 1.03 bits per heavy atom. The van der Waals surface area contributed by atoms with Crippen LogP contribution in [-0.4, -0.2) is 45.2 Å². The second-order valence-corrected chi connectivity index (χ2v) is 8.38. The Morgan fingerprint density at radius 3 is 2.38 bits per heavy atom. The summed E-state index contributed by atoms with van der Waals surface area (Å²) >= 11 is 1.25. The fraction of sp³-hybridized carbons (Fsp3) is 0.174. The number of ketones is 1. The molecule has 5 rings (SSSR count). The summed E-state index contributed by atoms with van der Waals surface area (Å²) in [6.07, 6.45) is 0. The summed E-state index contributed by atoms with van der Waals surface area (Å²) in [6, 6.07) is 17.6. The number of Topliss-reactive ketones (excluding diaryl/α,β-unsaturated/α-hetero) is 1. The number of hydrogen-bond acceptors (Lipinski definition) is 8. The summed E-state index contributed by atoms with van der Waals surface area (Å²) in [5.74, 6) is 0.999. The number of nitrogens with zero attached hydrogens (tertiary/aromatic N) is 7. The van der Waals surface area contributed by atoms with Crippen molar-refractivity contribution in [3.63, 3.8) is 0 Å². The lowest BCUT2D eigenvalue weighted by Gasteiger charge is -2.19. The molecule has 2 aromatic heterocycles. The predicted molar refractivity (Wildman–Crippen MR) is 125 cm³/mol. The number of aryl methyl sites for hydroxylation is 1. The van der Waals surface area contributed by atoms with Crippen molar-refractivity contribution in [3.8, 4) is 6.07 Å². The molecule has 4 aromatic rings. The molecule has 0 amide bonds. The number of aromatic nitrogens is 4. The molecule has 158 valence electrons. The molecule has 0 unspecified atom stereocenters. The van der Waals surface area contributed by atoms with Crippen LogP contribution in [-0.2, 0) is 4.79 Å². The van der Waals surface area contributed by atoms with E-state index in [-0.39, 0.29) is 17.1 Å². The summed E-state index contributed by atoms with van der Waals surface area (Å²) < 4.78 is 1.67. The molecule has 0 bridgehead atoms. The second kappa shape index (κ2) is 7.66. The van der Waals surface area contributed by atoms with Crippen LogP contribution in [0.3, 0.4) is 0 Å². The van der Waals surface area contributed by atoms with Gasteiger partial charge in [0.05, 0.1) is 22.6 Å². The van der Waals surface area contributed by atoms with Crippen molar-refractivity contribution >= 4 is 45.5 Å². The van der Waals surface area contributed by atoms with Crippen molar-refractivity contribution in [2.24, 2.45) is 0 Å². The molecule has 0 saturated heterocycles. The maximum atomic E-state index is 13.2. The number of rotatable bonds is 4. The normalized spacial score (nSPS) is 13.0. The number of fused-ring (bicyclic) bond motifs is 4. The minimum atomic E-state index is -0.265. The van der Waals surface area contributed by atoms with E-state index in [1.54, 1.807) is 4.52 Å². The number of hydrogen-bond donors (Lipinski definition) is 0. The van der Waals surface area contributed by atoms with E-state index in [1.165, 1.54) is 11.8 Å². The van der Waals surface area contributed by atoms with Crippen LogP contribution in [0.15, 0.2) is 65.1 Å². The number of thioether (sulfide) groups is 1. The molecule has 1 aliphatic rings. The predicted octanol–water partition coefficient (Wildman–Crippen LogP) is 3.57. The van der Waals surface area contributed by atoms with Gasteiger partial charge in [-0.3, -0.25) is 4.79 Å². The Labute approximate surface area is 188 Å². The van der Waals surface area contributed by atoms with Gasteiger partial charge in [-0.15, -0.1) is 5.10 Å². The molecule has 0 spiro atoms. The van der Waals surface area contributed by atoms with Gasteiger partial charge in [-0.2, -0.15) is 9.78 Å². The average Bonchev–Trinajstić information content (AvgIpc) is 3.32. The first-order valence-corrected chi connectivity index (χ1v) is 11.0. The molecule has 1 aliphatic heterocycles. The van der Waals surface area contributed by atoms with Crippen LogP contribution >= 0.6 is 11.8 Å². The molecule has 8 nitrogen and oxygen atoms in total. The molecule has 2 aromatic carbocycles. The van der Waals surface area contributed by atoms with Gasteiger partial charge in [-0.05, 0) is 31.2 Å². The zero-order valence-electron chi connectivity index (χ0n) is 17.8. The van der Waals surface area contributed by atoms with Crippen LogP contribution in [0.4, 0.5) is 11.4 Å². The number of carbonyl (C=O) groups excluding carboxylic acids is 1. The number of nitriles is 1. The quantitative estimate of drug-likeness (QED) is 0.205. The Balaban J connectivity index is 1.49. The van der Waals surface area contributed by atoms with Gasteiger partial charge in [0.15, 0.2) is 16.6 Å². The molecular weight excluding hydrogens is 422 g/mol. The minimum Gasteiger partial charge on any atom is -0.328 e. The standard InChI is InChI=1S/C23H19N7OS/c1-14-25-21-15-8-4-5-9-17(15)26-23(30(21)27-14)32-13-20(31)16(12-24)22-28(2)18-10-6-7-11-19(18)29(22)3/h4-11H,13H2,1-3H3. The van der Waals surface area contributed by atoms with Crippen LogP contribution in [0.2, 0.25) is 0 Å². The Hall–Kier alpha value is -3.90. The Morgan fingerprint density at radius 2 is 1.69 bits per heavy atom. The van der Waals surface area contributed by atoms with Crippen molar-refractivity contribution in [2.45, 2.75) is 12.1 Å². The zero-order valence-corrected chi connectivity index (χ0v) is 18.6. The molecule has 0 radical (unpaired) electrons. The highest BCUT2D eigenvalue weighted by molar-refractivity contribution is 7.99. The van der Waals surface area contributed by atoms with Gasteiger partial charge < -0.3 is 9.80 Å². The zero-order chi connectivity index (χ0) is 22.4. The number of allylic oxidation sites excluding steroid dienone is 1. The number of benzene rings is 2. The van der Waals surface area contributed by atoms with Crippen molar-refractivity contribution in [1.82, 2.24) is 19.6 Å². The second-order valence-electron chi connectivity index (χ2n) is 7.43. The van der Waals surface area contributed by atoms with E-state index >= 15 is 0 Å². The van der Waals surface area contributed by atoms with E-state index in [2.05, 4.69) is 21.1 Å². The maximum Gasteiger partial charge on any atom is 0.192 e. The molecule has 3 heterocycles. The third-order valence-corrected chi connectivity index (χ3v) is 6.37. The fourth-order valence-corrected chi connectivity index (χ4v) is 4.80. The third kappa shape index (κ3) is 3.08. The Kier molecular flexibility index (Phi) is 4.79. The van der Waals surface area contributed by atoms with Crippen molar-refractivity contribution in [1.29, 1.82) is 5.26 Å². The summed E-state index contributed by atoms with van der Waals surface area (Å²) in [6.45, 7) is 1.82. The minimum absolute atomic E-state index is 0.0593.